The van der Waals surface area contributed by atoms with Crippen LogP contribution in [0.4, 0.5) is 5.69 Å². The van der Waals surface area contributed by atoms with Crippen LogP contribution in [0, 0.1) is 20.2 Å². The molecule has 0 bridgehead atoms. The molecule has 1 atom stereocenters. The number of amides is 2. The Kier molecular flexibility index (Phi) is 14.4. The molecule has 2 amide bonds. The number of nitrogens with two attached hydrogens (primary N) is 1. The van der Waals surface area contributed by atoms with Gasteiger partial charge >= 0.3 is 0 Å². The van der Waals surface area contributed by atoms with Crippen LogP contribution in [0.5, 0.6) is 11.5 Å². The Labute approximate surface area is 216 Å². The lowest BCUT2D eigenvalue weighted by molar-refractivity contribution is -0.790. The molecule has 17 heteroatoms. The van der Waals surface area contributed by atoms with Crippen LogP contribution in [0.15, 0.2) is 12.1 Å². The molecule has 0 spiro atoms. The van der Waals surface area contributed by atoms with E-state index in [9.17, 15) is 39.7 Å². The average Bonchev–Trinajstić information content (AvgIpc) is 2.84. The number of ether oxygens (including phenoxy) is 3. The van der Waals surface area contributed by atoms with Crippen molar-refractivity contribution in [2.24, 2.45) is 5.73 Å². The molecule has 0 radical (unpaired) electrons. The first kappa shape index (κ1) is 31.8. The van der Waals surface area contributed by atoms with E-state index in [2.05, 4.69) is 15.0 Å². The lowest BCUT2D eigenvalue weighted by Crippen LogP contribution is -2.24. The van der Waals surface area contributed by atoms with Gasteiger partial charge in [-0.05, 0) is 31.4 Å². The second-order valence-electron chi connectivity index (χ2n) is 7.62. The van der Waals surface area contributed by atoms with Crippen molar-refractivity contribution in [1.29, 1.82) is 0 Å². The number of nitrogens with zero attached hydrogens (tertiary/aromatic N) is 2. The minimum absolute atomic E-state index is 0.0341. The number of hydrogen-bond donors (Lipinski definition) is 3. The third-order valence-corrected chi connectivity index (χ3v) is 4.81. The van der Waals surface area contributed by atoms with E-state index in [4.69, 9.17) is 19.9 Å². The number of primary amides is 1. The van der Waals surface area contributed by atoms with Crippen molar-refractivity contribution in [1.82, 2.24) is 0 Å². The van der Waals surface area contributed by atoms with Gasteiger partial charge in [0.2, 0.25) is 5.91 Å². The van der Waals surface area contributed by atoms with Gasteiger partial charge < -0.3 is 40.0 Å². The quantitative estimate of drug-likeness (QED) is 0.0836. The summed E-state index contributed by atoms with van der Waals surface area (Å²) in [4.78, 5) is 64.4. The maximum atomic E-state index is 12.0. The summed E-state index contributed by atoms with van der Waals surface area (Å²) in [5, 5.41) is 31.0. The van der Waals surface area contributed by atoms with Crippen LogP contribution in [-0.2, 0) is 28.7 Å². The molecule has 38 heavy (non-hydrogen) atoms. The molecule has 1 rings (SSSR count). The first-order valence-electron chi connectivity index (χ1n) is 11.3. The van der Waals surface area contributed by atoms with Gasteiger partial charge in [-0.3, -0.25) is 14.4 Å². The van der Waals surface area contributed by atoms with Gasteiger partial charge in [-0.1, -0.05) is 0 Å². The zero-order chi connectivity index (χ0) is 28.5. The fourth-order valence-corrected chi connectivity index (χ4v) is 3.11. The molecule has 212 valence electrons. The smallest absolute Gasteiger partial charge is 0.294 e. The maximum absolute atomic E-state index is 12.0. The van der Waals surface area contributed by atoms with Crippen LogP contribution in [-0.4, -0.2) is 79.1 Å². The standard InChI is InChI=1S/C21H30N4O13/c1-34-17-8-7-16(20(28)19(17)21(22)29)23-18(27)13-36-11-10-35-9-3-5-14(26)4-2-6-15(38-25(32)33)12-37-24(30)31/h7-8,15,28H,2-6,9-13H2,1H3,(H2,22,29)(H,23,27). The number of benzene rings is 1. The normalized spacial score (nSPS) is 11.3. The highest BCUT2D eigenvalue weighted by Gasteiger charge is 2.19. The molecular formula is C21H30N4O13. The summed E-state index contributed by atoms with van der Waals surface area (Å²) in [6.07, 6.45) is -0.160. The van der Waals surface area contributed by atoms with E-state index in [0.717, 1.165) is 0 Å². The van der Waals surface area contributed by atoms with E-state index < -0.39 is 40.4 Å². The molecule has 17 nitrogen and oxygen atoms in total. The van der Waals surface area contributed by atoms with Crippen LogP contribution in [0.3, 0.4) is 0 Å². The number of carbonyl (C=O) groups excluding carboxylic acids is 3. The first-order valence-corrected chi connectivity index (χ1v) is 11.3. The number of phenols is 1. The minimum Gasteiger partial charge on any atom is -0.505 e. The molecule has 0 saturated heterocycles. The van der Waals surface area contributed by atoms with Crippen LogP contribution >= 0.6 is 0 Å². The molecule has 1 aromatic rings. The van der Waals surface area contributed by atoms with Gasteiger partial charge in [0.05, 0.1) is 26.0 Å². The van der Waals surface area contributed by atoms with Crippen LogP contribution in [0.2, 0.25) is 0 Å². The fraction of sp³-hybridized carbons (Fsp3) is 0.571. The number of methoxy groups -OCH3 is 1. The Bertz CT molecular complexity index is 973. The molecule has 0 heterocycles. The first-order chi connectivity index (χ1) is 18.0. The van der Waals surface area contributed by atoms with Gasteiger partial charge in [-0.2, -0.15) is 0 Å². The number of nitrogens with one attached hydrogen (secondary N) is 1. The van der Waals surface area contributed by atoms with E-state index in [1.165, 1.54) is 19.2 Å². The summed E-state index contributed by atoms with van der Waals surface area (Å²) in [5.41, 5.74) is 4.91. The summed E-state index contributed by atoms with van der Waals surface area (Å²) in [6.45, 7) is -0.488. The third-order valence-electron chi connectivity index (χ3n) is 4.81. The van der Waals surface area contributed by atoms with E-state index in [0.29, 0.717) is 6.42 Å². The highest BCUT2D eigenvalue weighted by molar-refractivity contribution is 6.02. The molecule has 0 aliphatic carbocycles. The number of ketones is 1. The number of carbonyl (C=O) groups is 3. The van der Waals surface area contributed by atoms with E-state index in [-0.39, 0.29) is 74.9 Å². The fourth-order valence-electron chi connectivity index (χ4n) is 3.11. The Morgan fingerprint density at radius 3 is 2.37 bits per heavy atom. The van der Waals surface area contributed by atoms with Crippen molar-refractivity contribution in [2.45, 2.75) is 38.2 Å². The Balaban J connectivity index is 2.18. The molecule has 0 aliphatic rings. The van der Waals surface area contributed by atoms with Crippen molar-refractivity contribution in [3.05, 3.63) is 37.9 Å². The minimum atomic E-state index is -1.15. The van der Waals surface area contributed by atoms with Gasteiger partial charge in [-0.25, -0.2) is 0 Å². The molecule has 0 aromatic heterocycles. The van der Waals surface area contributed by atoms with Crippen molar-refractivity contribution in [3.8, 4) is 11.5 Å². The third kappa shape index (κ3) is 12.6. The van der Waals surface area contributed by atoms with E-state index in [1.807, 2.05) is 0 Å². The van der Waals surface area contributed by atoms with Gasteiger partial charge in [0.15, 0.2) is 5.75 Å². The SMILES string of the molecule is COc1ccc(NC(=O)COCCOCCCC(=O)CCCC(CO[N+](=O)[O-])O[N+](=O)[O-])c(O)c1C(N)=O. The Morgan fingerprint density at radius 2 is 1.74 bits per heavy atom. The van der Waals surface area contributed by atoms with Crippen LogP contribution in [0.1, 0.15) is 42.5 Å². The topological polar surface area (TPSA) is 242 Å². The average molecular weight is 546 g/mol. The highest BCUT2D eigenvalue weighted by Crippen LogP contribution is 2.34. The molecule has 0 saturated carbocycles. The zero-order valence-electron chi connectivity index (χ0n) is 20.6. The lowest BCUT2D eigenvalue weighted by atomic mass is 10.1. The number of Topliss-reactive ketones (excluding diaryl/α,β-unsaturated/α-hetero) is 1. The summed E-state index contributed by atoms with van der Waals surface area (Å²) >= 11 is 0. The van der Waals surface area contributed by atoms with Crippen molar-refractivity contribution in [2.75, 3.05) is 45.5 Å². The molecule has 0 fully saturated rings. The Hall–Kier alpha value is -4.25. The molecule has 1 unspecified atom stereocenters. The number of rotatable bonds is 21. The van der Waals surface area contributed by atoms with Crippen molar-refractivity contribution >= 4 is 23.3 Å². The summed E-state index contributed by atoms with van der Waals surface area (Å²) in [5.74, 6) is -2.11. The van der Waals surface area contributed by atoms with E-state index in [1.54, 1.807) is 0 Å². The Morgan fingerprint density at radius 1 is 1.05 bits per heavy atom. The predicted octanol–water partition coefficient (Wildman–Crippen LogP) is 0.776. The largest absolute Gasteiger partial charge is 0.505 e. The number of hydrogen-bond acceptors (Lipinski definition) is 13. The predicted molar refractivity (Wildman–Crippen MR) is 126 cm³/mol. The summed E-state index contributed by atoms with van der Waals surface area (Å²) < 4.78 is 15.5. The van der Waals surface area contributed by atoms with Gasteiger partial charge in [0, 0.05) is 19.4 Å². The summed E-state index contributed by atoms with van der Waals surface area (Å²) in [7, 11) is 1.30. The highest BCUT2D eigenvalue weighted by atomic mass is 17.0. The molecular weight excluding hydrogens is 516 g/mol. The zero-order valence-corrected chi connectivity index (χ0v) is 20.6. The summed E-state index contributed by atoms with van der Waals surface area (Å²) in [6, 6.07) is 2.71. The van der Waals surface area contributed by atoms with E-state index >= 15 is 0 Å². The maximum Gasteiger partial charge on any atom is 0.294 e. The molecule has 1 aromatic carbocycles. The van der Waals surface area contributed by atoms with Crippen molar-refractivity contribution in [3.63, 3.8) is 0 Å². The molecule has 4 N–H and O–H groups in total. The molecule has 0 aliphatic heterocycles. The van der Waals surface area contributed by atoms with Crippen LogP contribution in [0.25, 0.3) is 0 Å². The number of aromatic hydroxyl groups is 1. The van der Waals surface area contributed by atoms with Gasteiger partial charge in [-0.15, -0.1) is 20.2 Å². The lowest BCUT2D eigenvalue weighted by Gasteiger charge is -2.13. The van der Waals surface area contributed by atoms with Gasteiger partial charge in [0.1, 0.15) is 36.4 Å². The van der Waals surface area contributed by atoms with Crippen LogP contribution < -0.4 is 15.8 Å². The number of anilines is 1. The second-order valence-corrected chi connectivity index (χ2v) is 7.62. The van der Waals surface area contributed by atoms with Gasteiger partial charge in [0.25, 0.3) is 16.1 Å². The second kappa shape index (κ2) is 17.2. The van der Waals surface area contributed by atoms with Crippen molar-refractivity contribution < 1.29 is 53.5 Å². The monoisotopic (exact) mass is 546 g/mol.